The number of carbonyl (C=O) groups is 24. The second kappa shape index (κ2) is 75.8. The van der Waals surface area contributed by atoms with Crippen LogP contribution < -0.4 is 87.6 Å². The third-order valence-corrected chi connectivity index (χ3v) is 19.0. The Balaban J connectivity index is -0.000000343. The van der Waals surface area contributed by atoms with Crippen LogP contribution in [0.25, 0.3) is 0 Å². The first-order valence-electron chi connectivity index (χ1n) is 36.7. The van der Waals surface area contributed by atoms with E-state index in [2.05, 4.69) is 53.2 Å². The topological polar surface area (TPSA) is 929 Å². The lowest BCUT2D eigenvalue weighted by atomic mass is 9.99. The van der Waals surface area contributed by atoms with Crippen molar-refractivity contribution in [1.82, 2.24) is 53.2 Å². The summed E-state index contributed by atoms with van der Waals surface area (Å²) in [6.07, 6.45) is 9.03. The molecule has 0 aliphatic carbocycles. The SMILES string of the molecule is CSCC(CC(=O)CCC(N)C(=O)O)C(=O)NCC(=O)O.CSCC(NC(=O)CCC(N)C(=O)O)C(=O)CCC(=O)O.CSCC(NC(=O)CCC(N)C(=O)O)C(=O)NCC(=O)O.CSCC(NC(=O)CCC(N)C(=O)O)C(=O)NCC(=O)O.CSCC(NC(=O)CCC(N)C(=O)O)C(=O)NCC(=O)O.CSCC(NC(=O)CCC(N)C(=O)O)C(=O)NCC(=O)O. The van der Waals surface area contributed by atoms with Crippen LogP contribution in [0, 0.1) is 5.92 Å². The van der Waals surface area contributed by atoms with Gasteiger partial charge in [-0.25, -0.2) is 0 Å². The summed E-state index contributed by atoms with van der Waals surface area (Å²) in [4.78, 5) is 266. The third-order valence-electron chi connectivity index (χ3n) is 14.9. The van der Waals surface area contributed by atoms with Gasteiger partial charge in [0.25, 0.3) is 0 Å². The fraction of sp³-hybridized carbons (Fsp3) is 0.647. The number of carboxylic acid groups (broad SMARTS) is 12. The Bertz CT molecular complexity index is 2990. The lowest BCUT2D eigenvalue weighted by Crippen LogP contribution is -2.49. The van der Waals surface area contributed by atoms with Gasteiger partial charge in [0.2, 0.25) is 59.1 Å². The molecule has 58 heteroatoms. The number of ketones is 2. The molecule has 0 aromatic heterocycles. The Morgan fingerprint density at radius 2 is 0.429 bits per heavy atom. The van der Waals surface area contributed by atoms with Gasteiger partial charge in [-0.05, 0) is 76.1 Å². The van der Waals surface area contributed by atoms with Crippen molar-refractivity contribution in [2.45, 2.75) is 163 Å². The van der Waals surface area contributed by atoms with Gasteiger partial charge in [-0.3, -0.25) is 115 Å². The largest absolute Gasteiger partial charge is 0.481 e. The number of hydrogen-bond acceptors (Lipinski definition) is 36. The van der Waals surface area contributed by atoms with Crippen molar-refractivity contribution in [3.05, 3.63) is 0 Å². The molecule has 12 atom stereocenters. The van der Waals surface area contributed by atoms with E-state index in [1.54, 1.807) is 37.5 Å². The highest BCUT2D eigenvalue weighted by Crippen LogP contribution is 2.14. The van der Waals surface area contributed by atoms with E-state index in [9.17, 15) is 115 Å². The van der Waals surface area contributed by atoms with E-state index in [1.807, 2.05) is 0 Å². The minimum atomic E-state index is -1.21. The maximum Gasteiger partial charge on any atom is 0.322 e. The molecule has 126 heavy (non-hydrogen) atoms. The van der Waals surface area contributed by atoms with Crippen LogP contribution in [0.5, 0.6) is 0 Å². The number of carbonyl (C=O) groups excluding carboxylic acids is 12. The Morgan fingerprint density at radius 3 is 0.619 bits per heavy atom. The molecule has 0 radical (unpaired) electrons. The molecule has 0 aromatic rings. The first-order valence-corrected chi connectivity index (χ1v) is 45.1. The van der Waals surface area contributed by atoms with Gasteiger partial charge in [0, 0.05) is 85.9 Å². The normalized spacial score (nSPS) is 13.1. The maximum absolute atomic E-state index is 11.8. The first kappa shape index (κ1) is 126. The lowest BCUT2D eigenvalue weighted by molar-refractivity contribution is -0.140. The van der Waals surface area contributed by atoms with E-state index in [1.165, 1.54) is 70.6 Å². The number of nitrogens with one attached hydrogen (secondary N) is 10. The van der Waals surface area contributed by atoms with Gasteiger partial charge in [-0.2, -0.15) is 70.6 Å². The van der Waals surface area contributed by atoms with E-state index >= 15 is 0 Å². The molecule has 10 amide bonds. The predicted octanol–water partition coefficient (Wildman–Crippen LogP) is -8.31. The number of amides is 10. The summed E-state index contributed by atoms with van der Waals surface area (Å²) in [5.74, 6) is -19.2. The Kier molecular flexibility index (Phi) is 76.0. The molecule has 720 valence electrons. The van der Waals surface area contributed by atoms with Gasteiger partial charge in [-0.1, -0.05) is 0 Å². The van der Waals surface area contributed by atoms with Crippen molar-refractivity contribution >= 4 is 213 Å². The zero-order valence-electron chi connectivity index (χ0n) is 69.4. The number of aliphatic carboxylic acids is 12. The van der Waals surface area contributed by atoms with Crippen LogP contribution in [-0.4, -0.2) is 375 Å². The summed E-state index contributed by atoms with van der Waals surface area (Å²) in [6, 6.07) is -11.1. The van der Waals surface area contributed by atoms with Crippen LogP contribution in [0.2, 0.25) is 0 Å². The van der Waals surface area contributed by atoms with Crippen LogP contribution in [0.3, 0.4) is 0 Å². The molecule has 0 aliphatic heterocycles. The number of thioether (sulfide) groups is 6. The molecule has 0 saturated carbocycles. The van der Waals surface area contributed by atoms with Crippen LogP contribution in [0.15, 0.2) is 0 Å². The quantitative estimate of drug-likeness (QED) is 0.0269. The standard InChI is InChI=1S/2C12H20N2O6S.4C11H19N3O6S/c1-21-6-8(9(15)3-5-11(17)18)14-10(16)4-2-7(13)12(19)20;1-21-6-7(11(18)14-5-10(16)17)4-8(15)2-3-9(13)12(19)20;4*1-21-5-7(10(18)13-4-9(16)17)14-8(15)3-2-6(12)11(19)20/h7-8H,2-6,13H2,1H3,(H,14,16)(H,17,18)(H,19,20);7,9H,2-6,13H2,1H3,(H,14,18)(H,16,17)(H,19,20);4*6-7H,2-5,12H2,1H3,(H,13,18)(H,14,15)(H,16,17)(H,19,20). The van der Waals surface area contributed by atoms with Gasteiger partial charge >= 0.3 is 71.6 Å². The zero-order chi connectivity index (χ0) is 98.5. The predicted molar refractivity (Wildman–Crippen MR) is 457 cm³/mol. The average molecular weight is 1930 g/mol. The summed E-state index contributed by atoms with van der Waals surface area (Å²) in [5, 5.41) is 126. The molecule has 0 aromatic carbocycles. The number of rotatable bonds is 62. The Morgan fingerprint density at radius 1 is 0.238 bits per heavy atom. The van der Waals surface area contributed by atoms with E-state index in [4.69, 9.17) is 95.7 Å². The van der Waals surface area contributed by atoms with Gasteiger partial charge in [0.1, 0.15) is 98.9 Å². The van der Waals surface area contributed by atoms with Gasteiger partial charge < -0.3 is 149 Å². The minimum absolute atomic E-state index is 0.0108. The van der Waals surface area contributed by atoms with Crippen molar-refractivity contribution in [3.63, 3.8) is 0 Å². The van der Waals surface area contributed by atoms with E-state index < -0.39 is 236 Å². The lowest BCUT2D eigenvalue weighted by Gasteiger charge is -2.17. The van der Waals surface area contributed by atoms with Crippen LogP contribution in [-0.2, 0) is 115 Å². The van der Waals surface area contributed by atoms with Crippen molar-refractivity contribution in [2.24, 2.45) is 40.3 Å². The molecule has 0 saturated heterocycles. The average Bonchev–Trinajstić information content (AvgIpc) is 0.938. The molecule has 12 unspecified atom stereocenters. The molecule has 0 bridgehead atoms. The molecular weight excluding hydrogens is 1810 g/mol. The Labute approximate surface area is 746 Å². The van der Waals surface area contributed by atoms with Crippen LogP contribution in [0.4, 0.5) is 0 Å². The molecular formula is C68H116N16O36S6. The van der Waals surface area contributed by atoms with E-state index in [-0.39, 0.29) is 131 Å². The molecule has 0 fully saturated rings. The van der Waals surface area contributed by atoms with Gasteiger partial charge in [-0.15, -0.1) is 0 Å². The summed E-state index contributed by atoms with van der Waals surface area (Å²) < 4.78 is 0. The highest BCUT2D eigenvalue weighted by Gasteiger charge is 2.29. The molecule has 0 heterocycles. The second-order valence-electron chi connectivity index (χ2n) is 25.6. The van der Waals surface area contributed by atoms with E-state index in [0.29, 0.717) is 11.5 Å². The van der Waals surface area contributed by atoms with Crippen LogP contribution >= 0.6 is 70.6 Å². The highest BCUT2D eigenvalue weighted by atomic mass is 32.2. The van der Waals surface area contributed by atoms with E-state index in [0.717, 1.165) is 0 Å². The zero-order valence-corrected chi connectivity index (χ0v) is 74.3. The van der Waals surface area contributed by atoms with Crippen LogP contribution in [0.1, 0.15) is 96.3 Å². The second-order valence-corrected chi connectivity index (χ2v) is 31.1. The fourth-order valence-electron chi connectivity index (χ4n) is 8.26. The van der Waals surface area contributed by atoms with Crippen molar-refractivity contribution in [1.29, 1.82) is 0 Å². The molecule has 34 N–H and O–H groups in total. The fourth-order valence-corrected chi connectivity index (χ4v) is 11.8. The third kappa shape index (κ3) is 73.9. The molecule has 52 nitrogen and oxygen atoms in total. The number of carboxylic acids is 12. The molecule has 0 spiro atoms. The van der Waals surface area contributed by atoms with Gasteiger partial charge in [0.05, 0.1) is 18.4 Å². The maximum atomic E-state index is 11.8. The first-order chi connectivity index (χ1) is 58.6. The summed E-state index contributed by atoms with van der Waals surface area (Å²) in [5.41, 5.74) is 31.6. The highest BCUT2D eigenvalue weighted by molar-refractivity contribution is 7.99. The minimum Gasteiger partial charge on any atom is -0.481 e. The van der Waals surface area contributed by atoms with Crippen molar-refractivity contribution < 1.29 is 176 Å². The molecule has 0 rings (SSSR count). The molecule has 0 aliphatic rings. The van der Waals surface area contributed by atoms with Crippen molar-refractivity contribution in [3.8, 4) is 0 Å². The summed E-state index contributed by atoms with van der Waals surface area (Å²) in [6.45, 7) is -2.65. The number of nitrogens with two attached hydrogens (primary N) is 6. The van der Waals surface area contributed by atoms with Crippen molar-refractivity contribution in [2.75, 3.05) is 105 Å². The number of Topliss-reactive ketones (excluding diaryl/α,β-unsaturated/α-hetero) is 2. The van der Waals surface area contributed by atoms with Gasteiger partial charge in [0.15, 0.2) is 5.78 Å². The summed E-state index contributed by atoms with van der Waals surface area (Å²) in [7, 11) is 0. The summed E-state index contributed by atoms with van der Waals surface area (Å²) >= 11 is 7.91. The Hall–Kier alpha value is -10.5. The smallest absolute Gasteiger partial charge is 0.322 e. The number of hydrogen-bond donors (Lipinski definition) is 28. The monoisotopic (exact) mass is 1920 g/mol.